The number of benzene rings is 2. The number of carbonyl (C=O) groups is 2. The zero-order chi connectivity index (χ0) is 28.4. The summed E-state index contributed by atoms with van der Waals surface area (Å²) in [5.41, 5.74) is 9.26. The number of halogens is 2. The number of nitrogens with zero attached hydrogens (tertiary/aromatic N) is 4. The van der Waals surface area contributed by atoms with Crippen LogP contribution in [-0.4, -0.2) is 34.8 Å². The van der Waals surface area contributed by atoms with E-state index in [1.54, 1.807) is 41.3 Å². The summed E-state index contributed by atoms with van der Waals surface area (Å²) in [4.78, 5) is 27.5. The number of amides is 1. The third kappa shape index (κ3) is 5.53. The fourth-order valence-electron chi connectivity index (χ4n) is 4.77. The second kappa shape index (κ2) is 11.9. The van der Waals surface area contributed by atoms with Crippen LogP contribution < -0.4 is 20.7 Å². The maximum Gasteiger partial charge on any atom is 0.234 e. The van der Waals surface area contributed by atoms with Gasteiger partial charge >= 0.3 is 0 Å². The van der Waals surface area contributed by atoms with Gasteiger partial charge in [-0.1, -0.05) is 58.4 Å². The average molecular weight is 614 g/mol. The third-order valence-corrected chi connectivity index (χ3v) is 8.96. The van der Waals surface area contributed by atoms with Crippen molar-refractivity contribution in [3.63, 3.8) is 0 Å². The fourth-order valence-corrected chi connectivity index (χ4v) is 6.82. The maximum atomic E-state index is 13.3. The van der Waals surface area contributed by atoms with E-state index in [4.69, 9.17) is 33.7 Å². The molecule has 0 radical (unpaired) electrons. The Morgan fingerprint density at radius 3 is 2.80 bits per heavy atom. The lowest BCUT2D eigenvalue weighted by Gasteiger charge is -2.38. The van der Waals surface area contributed by atoms with Gasteiger partial charge in [-0.15, -0.1) is 10.2 Å². The fraction of sp³-hybridized carbons (Fsp3) is 0.222. The van der Waals surface area contributed by atoms with Crippen LogP contribution in [0, 0.1) is 11.3 Å². The Morgan fingerprint density at radius 2 is 2.05 bits per heavy atom. The van der Waals surface area contributed by atoms with Crippen LogP contribution in [0.25, 0.3) is 0 Å². The molecule has 2 heterocycles. The smallest absolute Gasteiger partial charge is 0.234 e. The van der Waals surface area contributed by atoms with Crippen molar-refractivity contribution in [2.24, 2.45) is 5.73 Å². The molecular formula is C27H22Cl2N6O3S2. The Hall–Kier alpha value is -3.56. The molecule has 2 aliphatic rings. The van der Waals surface area contributed by atoms with Crippen LogP contribution in [-0.2, 0) is 9.59 Å². The number of carbonyl (C=O) groups excluding carboxylic acids is 2. The van der Waals surface area contributed by atoms with Gasteiger partial charge in [-0.2, -0.15) is 5.26 Å². The number of Topliss-reactive ketones (excluding diaryl/α,β-unsaturated/α-hetero) is 1. The molecule has 3 aromatic rings. The van der Waals surface area contributed by atoms with Crippen molar-refractivity contribution in [2.75, 3.05) is 23.1 Å². The van der Waals surface area contributed by atoms with Gasteiger partial charge in [0.25, 0.3) is 0 Å². The average Bonchev–Trinajstić information content (AvgIpc) is 3.40. The number of ketones is 1. The molecule has 1 atom stereocenters. The number of hydrogen-bond donors (Lipinski definition) is 2. The Bertz CT molecular complexity index is 1610. The summed E-state index contributed by atoms with van der Waals surface area (Å²) in [5, 5.41) is 22.9. The number of nitrogens with two attached hydrogens (primary N) is 1. The molecule has 0 saturated carbocycles. The first kappa shape index (κ1) is 28.0. The second-order valence-electron chi connectivity index (χ2n) is 8.90. The standard InChI is InChI=1S/C27H22Cl2N6O3S2/c1-38-21-9-8-16(29)11-18(21)32-22(37)13-39-27-34-33-26(40-27)35-19-6-3-7-20(36)24(19)23(17(12-30)25(35)31)14-4-2-5-15(28)10-14/h2,4-5,8-11,23H,3,6-7,13,31H2,1H3,(H,32,37). The number of thioether (sulfide) groups is 1. The zero-order valence-electron chi connectivity index (χ0n) is 21.1. The first-order valence-corrected chi connectivity index (χ1v) is 14.7. The molecule has 0 spiro atoms. The Morgan fingerprint density at radius 1 is 1.25 bits per heavy atom. The molecule has 0 fully saturated rings. The summed E-state index contributed by atoms with van der Waals surface area (Å²) in [7, 11) is 1.51. The van der Waals surface area contributed by atoms with Crippen LogP contribution in [0.1, 0.15) is 30.7 Å². The van der Waals surface area contributed by atoms with E-state index in [9.17, 15) is 14.9 Å². The Kier molecular flexibility index (Phi) is 8.32. The van der Waals surface area contributed by atoms with Gasteiger partial charge in [-0.05, 0) is 48.7 Å². The molecule has 13 heteroatoms. The Labute approximate surface area is 248 Å². The first-order valence-electron chi connectivity index (χ1n) is 12.1. The van der Waals surface area contributed by atoms with Crippen LogP contribution in [0.4, 0.5) is 10.8 Å². The molecule has 40 heavy (non-hydrogen) atoms. The van der Waals surface area contributed by atoms with Gasteiger partial charge in [-0.3, -0.25) is 14.5 Å². The van der Waals surface area contributed by atoms with E-state index in [1.165, 1.54) is 30.2 Å². The normalized spacial score (nSPS) is 17.0. The molecule has 1 aliphatic carbocycles. The van der Waals surface area contributed by atoms with E-state index < -0.39 is 5.92 Å². The second-order valence-corrected chi connectivity index (χ2v) is 12.0. The van der Waals surface area contributed by atoms with Crippen LogP contribution in [0.5, 0.6) is 5.75 Å². The van der Waals surface area contributed by atoms with Gasteiger partial charge < -0.3 is 15.8 Å². The molecule has 2 aromatic carbocycles. The summed E-state index contributed by atoms with van der Waals surface area (Å²) < 4.78 is 5.80. The van der Waals surface area contributed by atoms with Gasteiger partial charge in [0, 0.05) is 27.7 Å². The van der Waals surface area contributed by atoms with Crippen LogP contribution in [0.15, 0.2) is 69.5 Å². The van der Waals surface area contributed by atoms with Crippen molar-refractivity contribution < 1.29 is 14.3 Å². The van der Waals surface area contributed by atoms with Crippen molar-refractivity contribution in [2.45, 2.75) is 29.5 Å². The highest BCUT2D eigenvalue weighted by Crippen LogP contribution is 2.47. The summed E-state index contributed by atoms with van der Waals surface area (Å²) >= 11 is 14.7. The van der Waals surface area contributed by atoms with E-state index in [-0.39, 0.29) is 28.8 Å². The number of rotatable bonds is 7. The molecule has 1 aliphatic heterocycles. The quantitative estimate of drug-likeness (QED) is 0.313. The number of ether oxygens (including phenoxy) is 1. The van der Waals surface area contributed by atoms with E-state index in [2.05, 4.69) is 21.6 Å². The number of hydrogen-bond acceptors (Lipinski definition) is 10. The van der Waals surface area contributed by atoms with Gasteiger partial charge in [-0.25, -0.2) is 0 Å². The molecule has 5 rings (SSSR count). The van der Waals surface area contributed by atoms with Crippen LogP contribution in [0.3, 0.4) is 0 Å². The summed E-state index contributed by atoms with van der Waals surface area (Å²) in [6.07, 6.45) is 1.62. The Balaban J connectivity index is 1.41. The lowest BCUT2D eigenvalue weighted by molar-refractivity contribution is -0.116. The molecule has 3 N–H and O–H groups in total. The molecule has 1 unspecified atom stereocenters. The number of nitriles is 1. The third-order valence-electron chi connectivity index (χ3n) is 6.44. The number of allylic oxidation sites excluding steroid dienone is 3. The minimum absolute atomic E-state index is 0.0382. The van der Waals surface area contributed by atoms with Crippen molar-refractivity contribution >= 4 is 68.8 Å². The monoisotopic (exact) mass is 612 g/mol. The van der Waals surface area contributed by atoms with Crippen LogP contribution >= 0.6 is 46.3 Å². The highest BCUT2D eigenvalue weighted by atomic mass is 35.5. The molecule has 1 amide bonds. The topological polar surface area (TPSA) is 134 Å². The predicted octanol–water partition coefficient (Wildman–Crippen LogP) is 5.89. The van der Waals surface area contributed by atoms with E-state index in [1.807, 2.05) is 6.07 Å². The van der Waals surface area contributed by atoms with Crippen molar-refractivity contribution in [3.05, 3.63) is 80.7 Å². The van der Waals surface area contributed by atoms with Crippen molar-refractivity contribution in [3.8, 4) is 11.8 Å². The molecule has 204 valence electrons. The molecule has 0 saturated heterocycles. The molecule has 1 aromatic heterocycles. The van der Waals surface area contributed by atoms with Crippen LogP contribution in [0.2, 0.25) is 10.0 Å². The summed E-state index contributed by atoms with van der Waals surface area (Å²) in [6, 6.07) is 14.3. The SMILES string of the molecule is COc1ccc(Cl)cc1NC(=O)CSc1nnc(N2C(N)=C(C#N)C(c3cccc(Cl)c3)C3=C2CCCC3=O)s1. The lowest BCUT2D eigenvalue weighted by atomic mass is 9.76. The lowest BCUT2D eigenvalue weighted by Crippen LogP contribution is -2.38. The number of anilines is 2. The van der Waals surface area contributed by atoms with Gasteiger partial charge in [0.2, 0.25) is 11.0 Å². The largest absolute Gasteiger partial charge is 0.495 e. The molecule has 0 bridgehead atoms. The van der Waals surface area contributed by atoms with Crippen molar-refractivity contribution in [1.29, 1.82) is 5.26 Å². The number of methoxy groups -OCH3 is 1. The minimum atomic E-state index is -0.614. The van der Waals surface area contributed by atoms with Gasteiger partial charge in [0.05, 0.1) is 36.1 Å². The summed E-state index contributed by atoms with van der Waals surface area (Å²) in [5.74, 6) is -0.190. The zero-order valence-corrected chi connectivity index (χ0v) is 24.3. The van der Waals surface area contributed by atoms with Gasteiger partial charge in [0.1, 0.15) is 11.6 Å². The molecular weight excluding hydrogens is 591 g/mol. The highest BCUT2D eigenvalue weighted by Gasteiger charge is 2.41. The highest BCUT2D eigenvalue weighted by molar-refractivity contribution is 8.01. The molecule has 9 nitrogen and oxygen atoms in total. The number of aromatic nitrogens is 2. The summed E-state index contributed by atoms with van der Waals surface area (Å²) in [6.45, 7) is 0. The minimum Gasteiger partial charge on any atom is -0.495 e. The van der Waals surface area contributed by atoms with E-state index >= 15 is 0 Å². The predicted molar refractivity (Wildman–Crippen MR) is 157 cm³/mol. The van der Waals surface area contributed by atoms with E-state index in [0.29, 0.717) is 61.5 Å². The number of nitrogens with one attached hydrogen (secondary N) is 1. The van der Waals surface area contributed by atoms with Crippen molar-refractivity contribution in [1.82, 2.24) is 10.2 Å². The van der Waals surface area contributed by atoms with E-state index in [0.717, 1.165) is 5.56 Å². The first-order chi connectivity index (χ1) is 19.3. The van der Waals surface area contributed by atoms with Gasteiger partial charge in [0.15, 0.2) is 10.1 Å². The maximum absolute atomic E-state index is 13.3.